The summed E-state index contributed by atoms with van der Waals surface area (Å²) >= 11 is 0. The molecule has 0 aliphatic carbocycles. The van der Waals surface area contributed by atoms with Crippen molar-refractivity contribution in [3.63, 3.8) is 0 Å². The minimum atomic E-state index is 0.152. The fourth-order valence-corrected chi connectivity index (χ4v) is 2.68. The highest BCUT2D eigenvalue weighted by molar-refractivity contribution is 5.44. The predicted octanol–water partition coefficient (Wildman–Crippen LogP) is 2.56. The Morgan fingerprint density at radius 2 is 1.88 bits per heavy atom. The molecule has 0 saturated carbocycles. The third-order valence-corrected chi connectivity index (χ3v) is 3.69. The second kappa shape index (κ2) is 4.57. The van der Waals surface area contributed by atoms with E-state index in [0.717, 1.165) is 18.0 Å². The fourth-order valence-electron chi connectivity index (χ4n) is 2.68. The molecule has 3 nitrogen and oxygen atoms in total. The van der Waals surface area contributed by atoms with Gasteiger partial charge in [0.2, 0.25) is 0 Å². The first-order valence-corrected chi connectivity index (χ1v) is 6.05. The lowest BCUT2D eigenvalue weighted by atomic mass is 9.83. The zero-order chi connectivity index (χ0) is 12.5. The van der Waals surface area contributed by atoms with E-state index in [1.807, 2.05) is 6.07 Å². The van der Waals surface area contributed by atoms with E-state index in [0.29, 0.717) is 5.92 Å². The van der Waals surface area contributed by atoms with Gasteiger partial charge in [0.25, 0.3) is 0 Å². The van der Waals surface area contributed by atoms with Crippen LogP contribution in [0.1, 0.15) is 31.7 Å². The van der Waals surface area contributed by atoms with Crippen LogP contribution in [-0.2, 0) is 0 Å². The Kier molecular flexibility index (Phi) is 3.29. The Hall–Kier alpha value is -1.22. The molecule has 1 heterocycles. The van der Waals surface area contributed by atoms with Crippen molar-refractivity contribution in [2.45, 2.75) is 31.7 Å². The second-order valence-electron chi connectivity index (χ2n) is 5.10. The molecule has 1 fully saturated rings. The molecule has 1 N–H and O–H groups in total. The van der Waals surface area contributed by atoms with Crippen LogP contribution < -0.4 is 14.8 Å². The van der Waals surface area contributed by atoms with E-state index in [2.05, 4.69) is 31.3 Å². The molecule has 1 atom stereocenters. The third kappa shape index (κ3) is 2.25. The summed E-state index contributed by atoms with van der Waals surface area (Å²) in [5, 5.41) is 3.54. The Bertz CT molecular complexity index is 401. The van der Waals surface area contributed by atoms with Gasteiger partial charge in [0, 0.05) is 11.5 Å². The number of rotatable bonds is 3. The van der Waals surface area contributed by atoms with Gasteiger partial charge in [-0.05, 0) is 44.5 Å². The summed E-state index contributed by atoms with van der Waals surface area (Å²) in [6, 6.07) is 6.22. The highest BCUT2D eigenvalue weighted by Crippen LogP contribution is 2.39. The molecule has 1 aromatic carbocycles. The highest BCUT2D eigenvalue weighted by Gasteiger charge is 2.35. The topological polar surface area (TPSA) is 30.5 Å². The van der Waals surface area contributed by atoms with Crippen LogP contribution in [0.3, 0.4) is 0 Å². The van der Waals surface area contributed by atoms with Gasteiger partial charge < -0.3 is 14.8 Å². The second-order valence-corrected chi connectivity index (χ2v) is 5.10. The average molecular weight is 235 g/mol. The molecule has 0 radical (unpaired) electrons. The van der Waals surface area contributed by atoms with Crippen LogP contribution in [0.5, 0.6) is 11.5 Å². The van der Waals surface area contributed by atoms with E-state index < -0.39 is 0 Å². The van der Waals surface area contributed by atoms with E-state index in [-0.39, 0.29) is 5.54 Å². The van der Waals surface area contributed by atoms with Crippen LogP contribution in [-0.4, -0.2) is 26.3 Å². The van der Waals surface area contributed by atoms with Crippen LogP contribution in [0.4, 0.5) is 0 Å². The summed E-state index contributed by atoms with van der Waals surface area (Å²) in [6.07, 6.45) is 1.17. The molecular formula is C14H21NO2. The summed E-state index contributed by atoms with van der Waals surface area (Å²) in [4.78, 5) is 0. The molecule has 1 unspecified atom stereocenters. The quantitative estimate of drug-likeness (QED) is 0.873. The summed E-state index contributed by atoms with van der Waals surface area (Å²) in [6.45, 7) is 5.58. The maximum atomic E-state index is 5.36. The Balaban J connectivity index is 2.33. The Morgan fingerprint density at radius 3 is 2.41 bits per heavy atom. The number of benzene rings is 1. The van der Waals surface area contributed by atoms with E-state index in [4.69, 9.17) is 9.47 Å². The van der Waals surface area contributed by atoms with Gasteiger partial charge in [0.15, 0.2) is 11.5 Å². The maximum Gasteiger partial charge on any atom is 0.160 e. The minimum Gasteiger partial charge on any atom is -0.493 e. The highest BCUT2D eigenvalue weighted by atomic mass is 16.5. The monoisotopic (exact) mass is 235 g/mol. The first-order valence-electron chi connectivity index (χ1n) is 6.05. The summed E-state index contributed by atoms with van der Waals surface area (Å²) in [5.41, 5.74) is 1.47. The number of ether oxygens (including phenoxy) is 2. The molecule has 3 heteroatoms. The summed E-state index contributed by atoms with van der Waals surface area (Å²) in [7, 11) is 3.35. The Morgan fingerprint density at radius 1 is 1.18 bits per heavy atom. The van der Waals surface area contributed by atoms with Gasteiger partial charge in [-0.1, -0.05) is 6.07 Å². The van der Waals surface area contributed by atoms with Crippen molar-refractivity contribution in [1.29, 1.82) is 0 Å². The van der Waals surface area contributed by atoms with Crippen LogP contribution in [0.2, 0.25) is 0 Å². The number of nitrogens with one attached hydrogen (secondary N) is 1. The van der Waals surface area contributed by atoms with Crippen LogP contribution in [0.25, 0.3) is 0 Å². The minimum absolute atomic E-state index is 0.152. The largest absolute Gasteiger partial charge is 0.493 e. The molecule has 0 aromatic heterocycles. The molecule has 1 aliphatic heterocycles. The van der Waals surface area contributed by atoms with Gasteiger partial charge in [0.1, 0.15) is 0 Å². The average Bonchev–Trinajstić information content (AvgIpc) is 2.68. The molecule has 1 aliphatic rings. The lowest BCUT2D eigenvalue weighted by Gasteiger charge is -2.28. The normalized spacial score (nSPS) is 22.5. The van der Waals surface area contributed by atoms with E-state index in [1.54, 1.807) is 14.2 Å². The van der Waals surface area contributed by atoms with Gasteiger partial charge >= 0.3 is 0 Å². The van der Waals surface area contributed by atoms with Crippen molar-refractivity contribution >= 4 is 0 Å². The molecule has 1 aromatic rings. The molecule has 94 valence electrons. The van der Waals surface area contributed by atoms with Crippen molar-refractivity contribution in [2.24, 2.45) is 0 Å². The molecule has 2 rings (SSSR count). The third-order valence-electron chi connectivity index (χ3n) is 3.69. The van der Waals surface area contributed by atoms with Crippen LogP contribution >= 0.6 is 0 Å². The van der Waals surface area contributed by atoms with Crippen molar-refractivity contribution in [3.05, 3.63) is 23.8 Å². The number of hydrogen-bond acceptors (Lipinski definition) is 3. The van der Waals surface area contributed by atoms with Gasteiger partial charge in [0.05, 0.1) is 14.2 Å². The van der Waals surface area contributed by atoms with Crippen molar-refractivity contribution in [3.8, 4) is 11.5 Å². The Labute approximate surface area is 103 Å². The number of methoxy groups -OCH3 is 2. The van der Waals surface area contributed by atoms with E-state index >= 15 is 0 Å². The first-order chi connectivity index (χ1) is 8.08. The first kappa shape index (κ1) is 12.2. The maximum absolute atomic E-state index is 5.36. The molecule has 17 heavy (non-hydrogen) atoms. The molecule has 0 spiro atoms. The van der Waals surface area contributed by atoms with Crippen molar-refractivity contribution < 1.29 is 9.47 Å². The lowest BCUT2D eigenvalue weighted by molar-refractivity contribution is 0.352. The summed E-state index contributed by atoms with van der Waals surface area (Å²) in [5.74, 6) is 2.13. The summed E-state index contributed by atoms with van der Waals surface area (Å²) < 4.78 is 10.6. The van der Waals surface area contributed by atoms with E-state index in [1.165, 1.54) is 12.0 Å². The van der Waals surface area contributed by atoms with Crippen LogP contribution in [0.15, 0.2) is 18.2 Å². The lowest BCUT2D eigenvalue weighted by Crippen LogP contribution is -2.36. The standard InChI is InChI=1S/C14H21NO2/c1-14(2)11(7-8-15-14)10-5-6-12(16-3)13(9-10)17-4/h5-6,9,11,15H,7-8H2,1-4H3. The number of hydrogen-bond donors (Lipinski definition) is 1. The molecular weight excluding hydrogens is 214 g/mol. The van der Waals surface area contributed by atoms with E-state index in [9.17, 15) is 0 Å². The van der Waals surface area contributed by atoms with Gasteiger partial charge in [-0.2, -0.15) is 0 Å². The van der Waals surface area contributed by atoms with Crippen molar-refractivity contribution in [1.82, 2.24) is 5.32 Å². The SMILES string of the molecule is COc1ccc(C2CCNC2(C)C)cc1OC. The molecule has 1 saturated heterocycles. The zero-order valence-electron chi connectivity index (χ0n) is 11.0. The van der Waals surface area contributed by atoms with Crippen molar-refractivity contribution in [2.75, 3.05) is 20.8 Å². The van der Waals surface area contributed by atoms with Gasteiger partial charge in [-0.15, -0.1) is 0 Å². The predicted molar refractivity (Wildman–Crippen MR) is 69.0 cm³/mol. The smallest absolute Gasteiger partial charge is 0.160 e. The van der Waals surface area contributed by atoms with Gasteiger partial charge in [-0.3, -0.25) is 0 Å². The zero-order valence-corrected chi connectivity index (χ0v) is 11.0. The van der Waals surface area contributed by atoms with Crippen LogP contribution in [0, 0.1) is 0 Å². The molecule has 0 bridgehead atoms. The molecule has 0 amide bonds. The van der Waals surface area contributed by atoms with Gasteiger partial charge in [-0.25, -0.2) is 0 Å². The fraction of sp³-hybridized carbons (Fsp3) is 0.571.